The molecule has 1 aliphatic carbocycles. The average Bonchev–Trinajstić information content (AvgIpc) is 2.22. The Morgan fingerprint density at radius 2 is 2.25 bits per heavy atom. The van der Waals surface area contributed by atoms with Crippen LogP contribution in [0.1, 0.15) is 24.8 Å². The summed E-state index contributed by atoms with van der Waals surface area (Å²) in [4.78, 5) is 0. The summed E-state index contributed by atoms with van der Waals surface area (Å²) in [5, 5.41) is 3.58. The highest BCUT2D eigenvalue weighted by molar-refractivity contribution is 9.10. The molecule has 1 N–H and O–H groups in total. The third-order valence-corrected chi connectivity index (χ3v) is 5.27. The lowest BCUT2D eigenvalue weighted by Crippen LogP contribution is -2.43. The molecule has 1 aromatic rings. The minimum absolute atomic E-state index is 0.534. The first-order valence-corrected chi connectivity index (χ1v) is 7.76. The van der Waals surface area contributed by atoms with E-state index in [1.54, 1.807) is 0 Å². The molecule has 0 atom stereocenters. The first-order valence-electron chi connectivity index (χ1n) is 5.74. The zero-order valence-corrected chi connectivity index (χ0v) is 12.0. The van der Waals surface area contributed by atoms with Crippen LogP contribution in [-0.4, -0.2) is 17.5 Å². The first-order chi connectivity index (χ1) is 7.74. The van der Waals surface area contributed by atoms with Crippen molar-refractivity contribution in [3.63, 3.8) is 0 Å². The molecule has 88 valence electrons. The van der Waals surface area contributed by atoms with E-state index in [1.165, 1.54) is 24.8 Å². The van der Waals surface area contributed by atoms with Gasteiger partial charge in [-0.25, -0.2) is 0 Å². The number of nitrogens with one attached hydrogen (secondary N) is 1. The molecule has 0 unspecified atom stereocenters. The number of thioether (sulfide) groups is 1. The van der Waals surface area contributed by atoms with Gasteiger partial charge in [-0.15, -0.1) is 0 Å². The van der Waals surface area contributed by atoms with Gasteiger partial charge in [-0.3, -0.25) is 0 Å². The van der Waals surface area contributed by atoms with E-state index in [0.29, 0.717) is 4.75 Å². The molecule has 1 nitrogen and oxygen atoms in total. The summed E-state index contributed by atoms with van der Waals surface area (Å²) >= 11 is 5.53. The number of hydrogen-bond acceptors (Lipinski definition) is 2. The van der Waals surface area contributed by atoms with E-state index in [4.69, 9.17) is 0 Å². The van der Waals surface area contributed by atoms with Gasteiger partial charge >= 0.3 is 0 Å². The highest BCUT2D eigenvalue weighted by Gasteiger charge is 2.35. The molecule has 3 heteroatoms. The maximum atomic E-state index is 3.58. The molecule has 0 radical (unpaired) electrons. The van der Waals surface area contributed by atoms with Crippen LogP contribution < -0.4 is 5.32 Å². The van der Waals surface area contributed by atoms with Crippen LogP contribution in [0.3, 0.4) is 0 Å². The van der Waals surface area contributed by atoms with E-state index in [2.05, 4.69) is 51.8 Å². The molecular weight excluding hydrogens is 282 g/mol. The van der Waals surface area contributed by atoms with Gasteiger partial charge < -0.3 is 5.32 Å². The van der Waals surface area contributed by atoms with Crippen molar-refractivity contribution in [1.82, 2.24) is 5.32 Å². The lowest BCUT2D eigenvalue weighted by molar-refractivity contribution is 0.345. The van der Waals surface area contributed by atoms with Crippen LogP contribution in [0.2, 0.25) is 0 Å². The van der Waals surface area contributed by atoms with Crippen molar-refractivity contribution in [1.29, 1.82) is 0 Å². The van der Waals surface area contributed by atoms with Gasteiger partial charge in [-0.05, 0) is 36.8 Å². The highest BCUT2D eigenvalue weighted by Crippen LogP contribution is 2.42. The smallest absolute Gasteiger partial charge is 0.0281 e. The Balaban J connectivity index is 1.79. The number of halogens is 1. The molecule has 0 bridgehead atoms. The Kier molecular flexibility index (Phi) is 4.34. The van der Waals surface area contributed by atoms with Gasteiger partial charge in [-0.2, -0.15) is 11.8 Å². The van der Waals surface area contributed by atoms with Crippen molar-refractivity contribution in [2.24, 2.45) is 0 Å². The Morgan fingerprint density at radius 1 is 1.44 bits per heavy atom. The zero-order chi connectivity index (χ0) is 11.4. The van der Waals surface area contributed by atoms with Crippen molar-refractivity contribution < 1.29 is 0 Å². The molecule has 0 spiro atoms. The maximum Gasteiger partial charge on any atom is 0.0281 e. The molecule has 0 amide bonds. The van der Waals surface area contributed by atoms with Crippen LogP contribution >= 0.6 is 27.7 Å². The summed E-state index contributed by atoms with van der Waals surface area (Å²) in [6, 6.07) is 8.51. The molecule has 1 aliphatic rings. The van der Waals surface area contributed by atoms with E-state index in [0.717, 1.165) is 17.6 Å². The summed E-state index contributed by atoms with van der Waals surface area (Å²) < 4.78 is 1.70. The molecule has 0 aliphatic heterocycles. The number of rotatable bonds is 5. The molecule has 2 rings (SSSR count). The van der Waals surface area contributed by atoms with E-state index in [-0.39, 0.29) is 0 Å². The molecular formula is C13H18BrNS. The number of benzene rings is 1. The van der Waals surface area contributed by atoms with Crippen LogP contribution in [0, 0.1) is 0 Å². The standard InChI is InChI=1S/C13H18BrNS/c1-16-13(6-3-7-13)10-15-9-11-4-2-5-12(14)8-11/h2,4-5,8,15H,3,6-7,9-10H2,1H3. The van der Waals surface area contributed by atoms with E-state index >= 15 is 0 Å². The fourth-order valence-corrected chi connectivity index (χ4v) is 3.50. The molecule has 0 saturated heterocycles. The summed E-state index contributed by atoms with van der Waals surface area (Å²) in [6.45, 7) is 2.11. The van der Waals surface area contributed by atoms with Crippen LogP contribution in [0.4, 0.5) is 0 Å². The van der Waals surface area contributed by atoms with Gasteiger partial charge in [0.05, 0.1) is 0 Å². The predicted octanol–water partition coefficient (Wildman–Crippen LogP) is 3.82. The third-order valence-electron chi connectivity index (χ3n) is 3.36. The molecule has 1 saturated carbocycles. The SMILES string of the molecule is CSC1(CNCc2cccc(Br)c2)CCC1. The van der Waals surface area contributed by atoms with Crippen LogP contribution in [-0.2, 0) is 6.54 Å². The van der Waals surface area contributed by atoms with Gasteiger partial charge in [0.1, 0.15) is 0 Å². The summed E-state index contributed by atoms with van der Waals surface area (Å²) in [5.74, 6) is 0. The molecule has 16 heavy (non-hydrogen) atoms. The second kappa shape index (κ2) is 5.56. The van der Waals surface area contributed by atoms with Crippen molar-refractivity contribution in [2.75, 3.05) is 12.8 Å². The lowest BCUT2D eigenvalue weighted by atomic mass is 9.84. The Labute approximate surface area is 111 Å². The topological polar surface area (TPSA) is 12.0 Å². The monoisotopic (exact) mass is 299 g/mol. The van der Waals surface area contributed by atoms with Crippen molar-refractivity contribution >= 4 is 27.7 Å². The summed E-state index contributed by atoms with van der Waals surface area (Å²) in [6.07, 6.45) is 6.39. The Morgan fingerprint density at radius 3 is 2.81 bits per heavy atom. The second-order valence-corrected chi connectivity index (χ2v) is 6.66. The molecule has 0 aromatic heterocycles. The van der Waals surface area contributed by atoms with Gasteiger partial charge in [0.25, 0.3) is 0 Å². The highest BCUT2D eigenvalue weighted by atomic mass is 79.9. The molecule has 0 heterocycles. The van der Waals surface area contributed by atoms with Gasteiger partial charge in [-0.1, -0.05) is 34.5 Å². The Bertz CT molecular complexity index is 344. The van der Waals surface area contributed by atoms with Gasteiger partial charge in [0, 0.05) is 22.3 Å². The first kappa shape index (κ1) is 12.5. The molecule has 1 fully saturated rings. The minimum Gasteiger partial charge on any atom is -0.311 e. The fraction of sp³-hybridized carbons (Fsp3) is 0.538. The minimum atomic E-state index is 0.534. The fourth-order valence-electron chi connectivity index (χ4n) is 2.11. The van der Waals surface area contributed by atoms with Crippen molar-refractivity contribution in [3.8, 4) is 0 Å². The summed E-state index contributed by atoms with van der Waals surface area (Å²) in [5.41, 5.74) is 1.35. The zero-order valence-electron chi connectivity index (χ0n) is 9.63. The van der Waals surface area contributed by atoms with Gasteiger partial charge in [0.15, 0.2) is 0 Å². The van der Waals surface area contributed by atoms with Crippen molar-refractivity contribution in [3.05, 3.63) is 34.3 Å². The summed E-state index contributed by atoms with van der Waals surface area (Å²) in [7, 11) is 0. The Hall–Kier alpha value is 0.01000. The van der Waals surface area contributed by atoms with Gasteiger partial charge in [0.2, 0.25) is 0 Å². The van der Waals surface area contributed by atoms with Crippen molar-refractivity contribution in [2.45, 2.75) is 30.6 Å². The quantitative estimate of drug-likeness (QED) is 0.887. The van der Waals surface area contributed by atoms with Crippen LogP contribution in [0.15, 0.2) is 28.7 Å². The van der Waals surface area contributed by atoms with Crippen LogP contribution in [0.25, 0.3) is 0 Å². The van der Waals surface area contributed by atoms with E-state index in [9.17, 15) is 0 Å². The predicted molar refractivity (Wildman–Crippen MR) is 75.9 cm³/mol. The molecule has 1 aromatic carbocycles. The lowest BCUT2D eigenvalue weighted by Gasteiger charge is -2.40. The van der Waals surface area contributed by atoms with Crippen LogP contribution in [0.5, 0.6) is 0 Å². The normalized spacial score (nSPS) is 18.1. The maximum absolute atomic E-state index is 3.58. The van der Waals surface area contributed by atoms with E-state index in [1.807, 2.05) is 11.8 Å². The second-order valence-electron chi connectivity index (χ2n) is 4.47. The number of hydrogen-bond donors (Lipinski definition) is 1. The van der Waals surface area contributed by atoms with E-state index < -0.39 is 0 Å². The third kappa shape index (κ3) is 3.02. The average molecular weight is 300 g/mol. The largest absolute Gasteiger partial charge is 0.311 e.